The summed E-state index contributed by atoms with van der Waals surface area (Å²) in [5, 5.41) is 0. The van der Waals surface area contributed by atoms with Gasteiger partial charge in [0, 0.05) is 18.0 Å². The molecule has 0 atom stereocenters. The second kappa shape index (κ2) is 4.88. The van der Waals surface area contributed by atoms with Crippen LogP contribution >= 0.6 is 0 Å². The number of benzene rings is 1. The van der Waals surface area contributed by atoms with Crippen molar-refractivity contribution in [2.24, 2.45) is 0 Å². The Morgan fingerprint density at radius 3 is 2.44 bits per heavy atom. The van der Waals surface area contributed by atoms with Crippen LogP contribution in [0.2, 0.25) is 0 Å². The van der Waals surface area contributed by atoms with Crippen molar-refractivity contribution in [1.29, 1.82) is 0 Å². The predicted octanol–water partition coefficient (Wildman–Crippen LogP) is 1.20. The van der Waals surface area contributed by atoms with Gasteiger partial charge in [-0.3, -0.25) is 4.79 Å². The van der Waals surface area contributed by atoms with E-state index in [0.717, 1.165) is 0 Å². The van der Waals surface area contributed by atoms with E-state index < -0.39 is 0 Å². The molecule has 80 valence electrons. The third-order valence-corrected chi connectivity index (χ3v) is 1.81. The van der Waals surface area contributed by atoms with E-state index in [1.165, 1.54) is 12.4 Å². The minimum absolute atomic E-state index is 0.104. The van der Waals surface area contributed by atoms with Crippen LogP contribution in [0.4, 0.5) is 0 Å². The van der Waals surface area contributed by atoms with Crippen LogP contribution in [-0.4, -0.2) is 15.9 Å². The number of nitrogens with zero attached hydrogens (tertiary/aromatic N) is 2. The smallest absolute Gasteiger partial charge is 0.337 e. The molecule has 5 nitrogen and oxygen atoms in total. The maximum Gasteiger partial charge on any atom is 0.342 e. The summed E-state index contributed by atoms with van der Waals surface area (Å²) in [6.07, 6.45) is 3.05. The van der Waals surface area contributed by atoms with Crippen LogP contribution in [0, 0.1) is 0 Å². The highest BCUT2D eigenvalue weighted by atomic mass is 16.7. The quantitative estimate of drug-likeness (QED) is 0.781. The summed E-state index contributed by atoms with van der Waals surface area (Å²) in [6.45, 7) is 0. The minimum Gasteiger partial charge on any atom is -0.337 e. The second-order valence-corrected chi connectivity index (χ2v) is 2.93. The van der Waals surface area contributed by atoms with Crippen LogP contribution < -0.4 is 10.3 Å². The van der Waals surface area contributed by atoms with Gasteiger partial charge >= 0.3 is 6.01 Å². The monoisotopic (exact) mass is 215 g/mol. The molecule has 1 amide bonds. The summed E-state index contributed by atoms with van der Waals surface area (Å²) < 4.78 is 0. The summed E-state index contributed by atoms with van der Waals surface area (Å²) in [5.41, 5.74) is 2.76. The molecular formula is C11H9N3O2. The van der Waals surface area contributed by atoms with Gasteiger partial charge in [-0.25, -0.2) is 9.97 Å². The van der Waals surface area contributed by atoms with Gasteiger partial charge in [0.2, 0.25) is 0 Å². The molecule has 0 spiro atoms. The first kappa shape index (κ1) is 10.1. The van der Waals surface area contributed by atoms with Gasteiger partial charge in [-0.15, -0.1) is 0 Å². The molecule has 0 fully saturated rings. The van der Waals surface area contributed by atoms with Crippen molar-refractivity contribution in [2.75, 3.05) is 0 Å². The molecule has 1 N–H and O–H groups in total. The fourth-order valence-electron chi connectivity index (χ4n) is 1.08. The summed E-state index contributed by atoms with van der Waals surface area (Å²) in [7, 11) is 0. The normalized spacial score (nSPS) is 9.50. The average Bonchev–Trinajstić information content (AvgIpc) is 2.38. The fourth-order valence-corrected chi connectivity index (χ4v) is 1.08. The first-order valence-electron chi connectivity index (χ1n) is 4.65. The number of carbonyl (C=O) groups is 1. The Morgan fingerprint density at radius 1 is 1.06 bits per heavy atom. The number of nitrogens with one attached hydrogen (secondary N) is 1. The lowest BCUT2D eigenvalue weighted by Crippen LogP contribution is -2.27. The number of amides is 1. The maximum atomic E-state index is 11.5. The average molecular weight is 215 g/mol. The molecule has 0 saturated carbocycles. The van der Waals surface area contributed by atoms with Gasteiger partial charge in [0.25, 0.3) is 5.91 Å². The lowest BCUT2D eigenvalue weighted by atomic mass is 10.2. The Bertz CT molecular complexity index is 459. The van der Waals surface area contributed by atoms with Gasteiger partial charge < -0.3 is 4.84 Å². The number of hydrogen-bond acceptors (Lipinski definition) is 4. The third kappa shape index (κ3) is 2.54. The molecule has 0 bridgehead atoms. The molecule has 16 heavy (non-hydrogen) atoms. The van der Waals surface area contributed by atoms with E-state index in [1.54, 1.807) is 30.3 Å². The Hall–Kier alpha value is -2.43. The SMILES string of the molecule is O=C(NOc1ncccn1)c1ccccc1. The first-order valence-corrected chi connectivity index (χ1v) is 4.65. The van der Waals surface area contributed by atoms with Gasteiger partial charge in [0.1, 0.15) is 0 Å². The van der Waals surface area contributed by atoms with Gasteiger partial charge in [-0.05, 0) is 18.2 Å². The number of carbonyl (C=O) groups excluding carboxylic acids is 1. The minimum atomic E-state index is -0.340. The Labute approximate surface area is 92.1 Å². The van der Waals surface area contributed by atoms with Crippen molar-refractivity contribution in [3.05, 3.63) is 54.4 Å². The summed E-state index contributed by atoms with van der Waals surface area (Å²) in [4.78, 5) is 24.0. The van der Waals surface area contributed by atoms with Crippen molar-refractivity contribution in [3.8, 4) is 6.01 Å². The molecule has 0 aliphatic heterocycles. The van der Waals surface area contributed by atoms with Crippen LogP contribution in [0.15, 0.2) is 48.8 Å². The summed E-state index contributed by atoms with van der Waals surface area (Å²) >= 11 is 0. The largest absolute Gasteiger partial charge is 0.342 e. The fraction of sp³-hybridized carbons (Fsp3) is 0. The zero-order valence-corrected chi connectivity index (χ0v) is 8.33. The molecule has 0 aliphatic rings. The number of rotatable bonds is 3. The van der Waals surface area contributed by atoms with E-state index in [4.69, 9.17) is 4.84 Å². The van der Waals surface area contributed by atoms with Crippen LogP contribution in [-0.2, 0) is 0 Å². The second-order valence-electron chi connectivity index (χ2n) is 2.93. The van der Waals surface area contributed by atoms with E-state index in [2.05, 4.69) is 15.4 Å². The predicted molar refractivity (Wildman–Crippen MR) is 56.6 cm³/mol. The number of aromatic nitrogens is 2. The molecule has 5 heteroatoms. The highest BCUT2D eigenvalue weighted by Crippen LogP contribution is 1.99. The van der Waals surface area contributed by atoms with Crippen LogP contribution in [0.25, 0.3) is 0 Å². The number of hydrogen-bond donors (Lipinski definition) is 1. The van der Waals surface area contributed by atoms with Crippen molar-refractivity contribution in [2.45, 2.75) is 0 Å². The lowest BCUT2D eigenvalue weighted by Gasteiger charge is -2.04. The highest BCUT2D eigenvalue weighted by molar-refractivity contribution is 5.93. The van der Waals surface area contributed by atoms with Crippen molar-refractivity contribution in [1.82, 2.24) is 15.4 Å². The Balaban J connectivity index is 1.95. The van der Waals surface area contributed by atoms with Crippen LogP contribution in [0.5, 0.6) is 6.01 Å². The van der Waals surface area contributed by atoms with E-state index in [0.29, 0.717) is 5.56 Å². The Kier molecular flexibility index (Phi) is 3.08. The first-order chi connectivity index (χ1) is 7.86. The van der Waals surface area contributed by atoms with Gasteiger partial charge in [0.05, 0.1) is 0 Å². The molecular weight excluding hydrogens is 206 g/mol. The molecule has 1 aromatic carbocycles. The summed E-state index contributed by atoms with van der Waals surface area (Å²) in [5.74, 6) is -0.340. The van der Waals surface area contributed by atoms with E-state index in [9.17, 15) is 4.79 Å². The molecule has 0 radical (unpaired) electrons. The van der Waals surface area contributed by atoms with Crippen molar-refractivity contribution in [3.63, 3.8) is 0 Å². The Morgan fingerprint density at radius 2 is 1.75 bits per heavy atom. The number of hydroxylamine groups is 1. The zero-order chi connectivity index (χ0) is 11.2. The van der Waals surface area contributed by atoms with Gasteiger partial charge in [-0.1, -0.05) is 18.2 Å². The molecule has 1 heterocycles. The van der Waals surface area contributed by atoms with E-state index >= 15 is 0 Å². The van der Waals surface area contributed by atoms with Crippen LogP contribution in [0.3, 0.4) is 0 Å². The maximum absolute atomic E-state index is 11.5. The molecule has 0 aliphatic carbocycles. The van der Waals surface area contributed by atoms with E-state index in [-0.39, 0.29) is 11.9 Å². The van der Waals surface area contributed by atoms with Crippen molar-refractivity contribution >= 4 is 5.91 Å². The molecule has 0 unspecified atom stereocenters. The third-order valence-electron chi connectivity index (χ3n) is 1.81. The highest BCUT2D eigenvalue weighted by Gasteiger charge is 2.05. The van der Waals surface area contributed by atoms with Crippen LogP contribution in [0.1, 0.15) is 10.4 Å². The molecule has 2 rings (SSSR count). The van der Waals surface area contributed by atoms with Gasteiger partial charge in [0.15, 0.2) is 0 Å². The molecule has 0 saturated heterocycles. The van der Waals surface area contributed by atoms with Crippen molar-refractivity contribution < 1.29 is 9.63 Å². The topological polar surface area (TPSA) is 64.1 Å². The molecule has 2 aromatic rings. The lowest BCUT2D eigenvalue weighted by molar-refractivity contribution is 0.0739. The zero-order valence-electron chi connectivity index (χ0n) is 8.33. The van der Waals surface area contributed by atoms with E-state index in [1.807, 2.05) is 6.07 Å². The standard InChI is InChI=1S/C11H9N3O2/c15-10(9-5-2-1-3-6-9)14-16-11-12-7-4-8-13-11/h1-8H,(H,14,15). The molecule has 1 aromatic heterocycles. The summed E-state index contributed by atoms with van der Waals surface area (Å²) in [6, 6.07) is 10.5. The van der Waals surface area contributed by atoms with Gasteiger partial charge in [-0.2, -0.15) is 5.48 Å².